The Balaban J connectivity index is 3.14. The van der Waals surface area contributed by atoms with E-state index in [1.54, 1.807) is 18.2 Å². The lowest BCUT2D eigenvalue weighted by molar-refractivity contribution is 0.342. The number of halogens is 1. The molecule has 0 fully saturated rings. The lowest BCUT2D eigenvalue weighted by atomic mass is 10.2. The molecule has 0 saturated carbocycles. The summed E-state index contributed by atoms with van der Waals surface area (Å²) < 4.78 is 5.30. The summed E-state index contributed by atoms with van der Waals surface area (Å²) in [5, 5.41) is 0.593. The highest BCUT2D eigenvalue weighted by molar-refractivity contribution is 6.32. The number of rotatable bonds is 3. The second-order valence-corrected chi connectivity index (χ2v) is 2.96. The smallest absolute Gasteiger partial charge is 0.142 e. The highest BCUT2D eigenvalue weighted by atomic mass is 35.5. The van der Waals surface area contributed by atoms with E-state index in [0.717, 1.165) is 5.56 Å². The van der Waals surface area contributed by atoms with Crippen molar-refractivity contribution in [2.45, 2.75) is 6.92 Å². The molecule has 0 aliphatic rings. The SMILES string of the molecule is C=Cc1cc(OCC)c(N)cc1Cl. The van der Waals surface area contributed by atoms with Gasteiger partial charge in [0.05, 0.1) is 17.3 Å². The van der Waals surface area contributed by atoms with Crippen molar-refractivity contribution < 1.29 is 4.74 Å². The number of ether oxygens (including phenoxy) is 1. The summed E-state index contributed by atoms with van der Waals surface area (Å²) >= 11 is 5.89. The fourth-order valence-electron chi connectivity index (χ4n) is 1.02. The van der Waals surface area contributed by atoms with Crippen LogP contribution < -0.4 is 10.5 Å². The van der Waals surface area contributed by atoms with E-state index >= 15 is 0 Å². The summed E-state index contributed by atoms with van der Waals surface area (Å²) in [6.07, 6.45) is 1.67. The van der Waals surface area contributed by atoms with Crippen molar-refractivity contribution in [1.29, 1.82) is 0 Å². The fraction of sp³-hybridized carbons (Fsp3) is 0.200. The highest BCUT2D eigenvalue weighted by Gasteiger charge is 2.04. The van der Waals surface area contributed by atoms with E-state index in [2.05, 4.69) is 6.58 Å². The molecule has 1 rings (SSSR count). The minimum Gasteiger partial charge on any atom is -0.492 e. The van der Waals surface area contributed by atoms with Gasteiger partial charge in [-0.3, -0.25) is 0 Å². The van der Waals surface area contributed by atoms with Gasteiger partial charge in [-0.2, -0.15) is 0 Å². The van der Waals surface area contributed by atoms with Crippen LogP contribution in [0.15, 0.2) is 18.7 Å². The van der Waals surface area contributed by atoms with Gasteiger partial charge >= 0.3 is 0 Å². The average Bonchev–Trinajstić information content (AvgIpc) is 2.10. The molecule has 1 aromatic rings. The molecule has 0 bridgehead atoms. The molecule has 0 unspecified atom stereocenters. The second kappa shape index (κ2) is 4.19. The molecule has 70 valence electrons. The van der Waals surface area contributed by atoms with Crippen molar-refractivity contribution in [3.63, 3.8) is 0 Å². The quantitative estimate of drug-likeness (QED) is 0.757. The van der Waals surface area contributed by atoms with Gasteiger partial charge < -0.3 is 10.5 Å². The second-order valence-electron chi connectivity index (χ2n) is 2.55. The lowest BCUT2D eigenvalue weighted by Gasteiger charge is -2.08. The number of nitrogens with two attached hydrogens (primary N) is 1. The first kappa shape index (κ1) is 9.93. The zero-order valence-electron chi connectivity index (χ0n) is 7.51. The topological polar surface area (TPSA) is 35.2 Å². The summed E-state index contributed by atoms with van der Waals surface area (Å²) in [6, 6.07) is 3.46. The number of benzene rings is 1. The van der Waals surface area contributed by atoms with Crippen LogP contribution in [0.1, 0.15) is 12.5 Å². The Morgan fingerprint density at radius 3 is 2.85 bits per heavy atom. The van der Waals surface area contributed by atoms with E-state index in [4.69, 9.17) is 22.1 Å². The molecule has 3 heteroatoms. The molecule has 0 amide bonds. The maximum Gasteiger partial charge on any atom is 0.142 e. The summed E-state index contributed by atoms with van der Waals surface area (Å²) in [7, 11) is 0. The van der Waals surface area contributed by atoms with Gasteiger partial charge in [-0.15, -0.1) is 0 Å². The number of hydrogen-bond acceptors (Lipinski definition) is 2. The lowest BCUT2D eigenvalue weighted by Crippen LogP contribution is -1.97. The van der Waals surface area contributed by atoms with Crippen LogP contribution in [0, 0.1) is 0 Å². The number of hydrogen-bond donors (Lipinski definition) is 1. The van der Waals surface area contributed by atoms with Crippen LogP contribution in [0.3, 0.4) is 0 Å². The fourth-order valence-corrected chi connectivity index (χ4v) is 1.27. The van der Waals surface area contributed by atoms with Crippen LogP contribution in [0.2, 0.25) is 5.02 Å². The summed E-state index contributed by atoms with van der Waals surface area (Å²) in [4.78, 5) is 0. The Morgan fingerprint density at radius 1 is 1.62 bits per heavy atom. The van der Waals surface area contributed by atoms with Gasteiger partial charge in [-0.05, 0) is 24.6 Å². The van der Waals surface area contributed by atoms with E-state index in [1.165, 1.54) is 0 Å². The van der Waals surface area contributed by atoms with Gasteiger partial charge in [0.1, 0.15) is 5.75 Å². The van der Waals surface area contributed by atoms with Crippen LogP contribution in [0.5, 0.6) is 5.75 Å². The Hall–Kier alpha value is -1.15. The summed E-state index contributed by atoms with van der Waals surface area (Å²) in [6.45, 7) is 6.13. The summed E-state index contributed by atoms with van der Waals surface area (Å²) in [5.74, 6) is 0.654. The molecule has 0 radical (unpaired) electrons. The normalized spacial score (nSPS) is 9.69. The van der Waals surface area contributed by atoms with E-state index in [1.807, 2.05) is 6.92 Å². The van der Waals surface area contributed by atoms with Crippen LogP contribution in [0.25, 0.3) is 6.08 Å². The molecule has 1 aromatic carbocycles. The van der Waals surface area contributed by atoms with Crippen molar-refractivity contribution in [2.24, 2.45) is 0 Å². The largest absolute Gasteiger partial charge is 0.492 e. The predicted molar refractivity (Wildman–Crippen MR) is 57.1 cm³/mol. The molecule has 0 atom stereocenters. The van der Waals surface area contributed by atoms with Crippen molar-refractivity contribution in [3.8, 4) is 5.75 Å². The van der Waals surface area contributed by atoms with Gasteiger partial charge in [-0.25, -0.2) is 0 Å². The molecule has 0 spiro atoms. The number of anilines is 1. The molecule has 0 saturated heterocycles. The first-order chi connectivity index (χ1) is 6.19. The Morgan fingerprint density at radius 2 is 2.31 bits per heavy atom. The van der Waals surface area contributed by atoms with Crippen molar-refractivity contribution >= 4 is 23.4 Å². The van der Waals surface area contributed by atoms with Crippen LogP contribution in [-0.2, 0) is 0 Å². The van der Waals surface area contributed by atoms with Crippen LogP contribution >= 0.6 is 11.6 Å². The first-order valence-electron chi connectivity index (χ1n) is 4.03. The standard InChI is InChI=1S/C10H12ClNO/c1-3-7-5-10(13-4-2)9(12)6-8(7)11/h3,5-6H,1,4,12H2,2H3. The maximum atomic E-state index is 5.89. The molecular weight excluding hydrogens is 186 g/mol. The van der Waals surface area contributed by atoms with Crippen molar-refractivity contribution in [3.05, 3.63) is 29.3 Å². The number of nitrogen functional groups attached to an aromatic ring is 1. The molecule has 0 aliphatic heterocycles. The first-order valence-corrected chi connectivity index (χ1v) is 4.41. The highest BCUT2D eigenvalue weighted by Crippen LogP contribution is 2.29. The van der Waals surface area contributed by atoms with E-state index in [-0.39, 0.29) is 0 Å². The Kier molecular flexibility index (Phi) is 3.20. The van der Waals surface area contributed by atoms with Crippen LogP contribution in [-0.4, -0.2) is 6.61 Å². The van der Waals surface area contributed by atoms with E-state index < -0.39 is 0 Å². The minimum absolute atomic E-state index is 0.553. The van der Waals surface area contributed by atoms with Gasteiger partial charge in [0.15, 0.2) is 0 Å². The molecule has 0 aliphatic carbocycles. The molecule has 2 N–H and O–H groups in total. The monoisotopic (exact) mass is 197 g/mol. The third-order valence-corrected chi connectivity index (χ3v) is 1.98. The Labute approximate surface area is 83.0 Å². The van der Waals surface area contributed by atoms with Gasteiger partial charge in [0.25, 0.3) is 0 Å². The van der Waals surface area contributed by atoms with Crippen LogP contribution in [0.4, 0.5) is 5.69 Å². The summed E-state index contributed by atoms with van der Waals surface area (Å²) in [5.41, 5.74) is 7.07. The van der Waals surface area contributed by atoms with E-state index in [9.17, 15) is 0 Å². The molecule has 13 heavy (non-hydrogen) atoms. The van der Waals surface area contributed by atoms with Crippen molar-refractivity contribution in [2.75, 3.05) is 12.3 Å². The zero-order chi connectivity index (χ0) is 9.84. The van der Waals surface area contributed by atoms with Crippen molar-refractivity contribution in [1.82, 2.24) is 0 Å². The maximum absolute atomic E-state index is 5.89. The minimum atomic E-state index is 0.553. The molecular formula is C10H12ClNO. The van der Waals surface area contributed by atoms with Gasteiger partial charge in [0.2, 0.25) is 0 Å². The average molecular weight is 198 g/mol. The zero-order valence-corrected chi connectivity index (χ0v) is 8.27. The predicted octanol–water partition coefficient (Wildman–Crippen LogP) is 2.96. The molecule has 0 heterocycles. The van der Waals surface area contributed by atoms with Gasteiger partial charge in [-0.1, -0.05) is 24.3 Å². The van der Waals surface area contributed by atoms with Gasteiger partial charge in [0, 0.05) is 0 Å². The third-order valence-electron chi connectivity index (χ3n) is 1.65. The molecule has 2 nitrogen and oxygen atoms in total. The molecule has 0 aromatic heterocycles. The Bertz CT molecular complexity index is 323. The third kappa shape index (κ3) is 2.16. The van der Waals surface area contributed by atoms with E-state index in [0.29, 0.717) is 23.1 Å².